The number of benzene rings is 9. The monoisotopic (exact) mass is 901 g/mol. The average molecular weight is 902 g/mol. The molecule has 9 aromatic carbocycles. The van der Waals surface area contributed by atoms with Crippen molar-refractivity contribution in [3.8, 4) is 123 Å². The molecular formula is C65H41N3S. The van der Waals surface area contributed by atoms with Crippen LogP contribution >= 0.6 is 11.3 Å². The number of aromatic nitrogens is 3. The van der Waals surface area contributed by atoms with Gasteiger partial charge in [-0.3, -0.25) is 4.98 Å². The zero-order valence-electron chi connectivity index (χ0n) is 43.0. The molecule has 12 aromatic rings. The second kappa shape index (κ2) is 15.5. The largest absolute Gasteiger partial charge is 0.256 e. The third-order valence-corrected chi connectivity index (χ3v) is 15.2. The number of thiophene rings is 1. The number of rotatable bonds is 3. The zero-order chi connectivity index (χ0) is 50.7. The Morgan fingerprint density at radius 3 is 1.54 bits per heavy atom. The fourth-order valence-electron chi connectivity index (χ4n) is 10.9. The summed E-state index contributed by atoms with van der Waals surface area (Å²) in [6.07, 6.45) is 3.11. The Balaban J connectivity index is 0.985. The van der Waals surface area contributed by atoms with Crippen molar-refractivity contribution in [3.05, 3.63) is 224 Å². The van der Waals surface area contributed by atoms with Crippen LogP contribution in [0.1, 0.15) is 19.4 Å². The van der Waals surface area contributed by atoms with E-state index in [9.17, 15) is 0 Å². The molecule has 0 spiro atoms. The highest BCUT2D eigenvalue weighted by Gasteiger charge is 2.27. The second-order valence-electron chi connectivity index (χ2n) is 17.8. The van der Waals surface area contributed by atoms with Crippen molar-refractivity contribution >= 4 is 31.5 Å². The molecule has 0 atom stereocenters. The lowest BCUT2D eigenvalue weighted by atomic mass is 9.79. The minimum atomic E-state index is -2.61. The number of fused-ring (bicyclic) bond motifs is 19. The van der Waals surface area contributed by atoms with Crippen LogP contribution in [0.15, 0.2) is 213 Å². The minimum Gasteiger partial charge on any atom is -0.256 e. The molecule has 0 radical (unpaired) electrons. The Morgan fingerprint density at radius 2 is 0.855 bits per heavy atom. The molecular weight excluding hydrogens is 855 g/mol. The van der Waals surface area contributed by atoms with Crippen LogP contribution < -0.4 is 0 Å². The van der Waals surface area contributed by atoms with Crippen LogP contribution in [0.4, 0.5) is 0 Å². The number of nitrogens with zero attached hydrogens (tertiary/aromatic N) is 3. The molecule has 3 heterocycles. The highest BCUT2D eigenvalue weighted by atomic mass is 32.1. The van der Waals surface area contributed by atoms with E-state index < -0.39 is 13.7 Å². The first-order valence-corrected chi connectivity index (χ1v) is 23.9. The minimum absolute atomic E-state index is 0.0419. The van der Waals surface area contributed by atoms with Crippen molar-refractivity contribution in [1.29, 1.82) is 0 Å². The van der Waals surface area contributed by atoms with Crippen molar-refractivity contribution < 1.29 is 8.22 Å². The molecule has 322 valence electrons. The summed E-state index contributed by atoms with van der Waals surface area (Å²) in [4.78, 5) is 14.8. The summed E-state index contributed by atoms with van der Waals surface area (Å²) in [6, 6.07) is 68.6. The number of pyridine rings is 1. The third kappa shape index (κ3) is 6.16. The zero-order valence-corrected chi connectivity index (χ0v) is 37.8. The quantitative estimate of drug-likeness (QED) is 0.177. The van der Waals surface area contributed by atoms with Crippen molar-refractivity contribution in [1.82, 2.24) is 15.0 Å². The lowest BCUT2D eigenvalue weighted by Crippen LogP contribution is -2.02. The molecule has 0 fully saturated rings. The van der Waals surface area contributed by atoms with Crippen LogP contribution in [-0.4, -0.2) is 15.0 Å². The maximum atomic E-state index is 9.00. The van der Waals surface area contributed by atoms with Gasteiger partial charge in [0.15, 0.2) is 5.82 Å². The third-order valence-electron chi connectivity index (χ3n) is 14.0. The van der Waals surface area contributed by atoms with Gasteiger partial charge in [-0.05, 0) is 139 Å². The predicted octanol–water partition coefficient (Wildman–Crippen LogP) is 17.8. The Kier molecular flexibility index (Phi) is 7.60. The lowest BCUT2D eigenvalue weighted by molar-refractivity contribution is 1.14. The van der Waals surface area contributed by atoms with Crippen LogP contribution in [0.2, 0.25) is 0 Å². The molecule has 4 heteroatoms. The number of hydrogen-bond donors (Lipinski definition) is 0. The summed E-state index contributed by atoms with van der Waals surface area (Å²) in [7, 11) is 0. The van der Waals surface area contributed by atoms with E-state index in [0.29, 0.717) is 11.1 Å². The topological polar surface area (TPSA) is 38.7 Å². The Bertz CT molecular complexity index is 4360. The van der Waals surface area contributed by atoms with Gasteiger partial charge in [0.05, 0.1) is 11.4 Å². The molecule has 0 aliphatic heterocycles. The van der Waals surface area contributed by atoms with E-state index >= 15 is 0 Å². The summed E-state index contributed by atoms with van der Waals surface area (Å²) in [6.45, 7) is -5.23. The van der Waals surface area contributed by atoms with Crippen LogP contribution in [0, 0.1) is 13.7 Å². The number of hydrogen-bond acceptors (Lipinski definition) is 4. The fraction of sp³-hybridized carbons (Fsp3) is 0.0308. The molecule has 2 aliphatic rings. The Labute approximate surface area is 413 Å². The second-order valence-corrected chi connectivity index (χ2v) is 18.8. The van der Waals surface area contributed by atoms with Crippen molar-refractivity contribution in [2.24, 2.45) is 0 Å². The molecule has 3 nitrogen and oxygen atoms in total. The number of aryl methyl sites for hydroxylation is 2. The van der Waals surface area contributed by atoms with Gasteiger partial charge in [0.2, 0.25) is 0 Å². The van der Waals surface area contributed by atoms with E-state index in [1.165, 1.54) is 31.9 Å². The Morgan fingerprint density at radius 1 is 0.348 bits per heavy atom. The lowest BCUT2D eigenvalue weighted by Gasteiger charge is -2.24. The van der Waals surface area contributed by atoms with E-state index in [-0.39, 0.29) is 28.2 Å². The first-order valence-electron chi connectivity index (χ1n) is 26.1. The maximum absolute atomic E-state index is 9.00. The summed E-state index contributed by atoms with van der Waals surface area (Å²) in [5.74, 6) is 0.103. The van der Waals surface area contributed by atoms with Gasteiger partial charge >= 0.3 is 0 Å². The maximum Gasteiger partial charge on any atom is 0.160 e. The Hall–Kier alpha value is -8.57. The van der Waals surface area contributed by atoms with E-state index in [1.54, 1.807) is 12.3 Å². The average Bonchev–Trinajstić information content (AvgIpc) is 3.85. The van der Waals surface area contributed by atoms with Crippen LogP contribution in [0.3, 0.4) is 0 Å². The molecule has 0 saturated heterocycles. The normalized spacial score (nSPS) is 13.6. The smallest absolute Gasteiger partial charge is 0.160 e. The first kappa shape index (κ1) is 33.8. The van der Waals surface area contributed by atoms with Gasteiger partial charge in [-0.1, -0.05) is 170 Å². The molecule has 0 saturated carbocycles. The summed E-state index contributed by atoms with van der Waals surface area (Å²) >= 11 is 1.82. The van der Waals surface area contributed by atoms with Gasteiger partial charge in [0.25, 0.3) is 0 Å². The molecule has 0 amide bonds. The van der Waals surface area contributed by atoms with Gasteiger partial charge in [-0.15, -0.1) is 11.3 Å². The molecule has 3 aromatic heterocycles. The molecule has 2 aliphatic carbocycles. The van der Waals surface area contributed by atoms with Crippen LogP contribution in [0.25, 0.3) is 143 Å². The molecule has 0 N–H and O–H groups in total. The van der Waals surface area contributed by atoms with Crippen molar-refractivity contribution in [3.63, 3.8) is 0 Å². The van der Waals surface area contributed by atoms with Gasteiger partial charge in [-0.25, -0.2) is 9.97 Å². The van der Waals surface area contributed by atoms with Gasteiger partial charge in [-0.2, -0.15) is 0 Å². The summed E-state index contributed by atoms with van der Waals surface area (Å²) in [5, 5.41) is 2.49. The van der Waals surface area contributed by atoms with E-state index in [1.807, 2.05) is 78.1 Å². The fourth-order valence-corrected chi connectivity index (χ4v) is 12.1. The standard InChI is InChI=1S/C65H41N3S/c1-38-33-57-54-26-14-32-66-63(54)53-23-10-9-18-46(53)45-17-5-8-21-49(45)60(57)36-56(38)65-67-37-39(2)62(68-65)41-29-31-51-50-30-28-40(42-24-13-25-55-52-22-11-12-27-61(52)69-64(42)55)34-58(50)47-19-6-3-15-43(47)44-16-4-7-20-48(44)59(51)35-41/h3-37H,1-2H3/i1D3,2D3. The SMILES string of the molecule is [2H]C([2H])([2H])c1cc2c(cc1-c1ncc(C([2H])([2H])[2H])c(-c3ccc4c(c3)-c3ccccc3-c3ccccc3-c3cc(-c5cccc6c5sc5ccccc56)ccc3-4)n1)-c1ccccc1-c1ccccc1-c1ncccc1-2. The van der Waals surface area contributed by atoms with Gasteiger partial charge in [0.1, 0.15) is 0 Å². The van der Waals surface area contributed by atoms with Gasteiger partial charge in [0, 0.05) is 63.0 Å². The van der Waals surface area contributed by atoms with E-state index in [2.05, 4.69) is 127 Å². The summed E-state index contributed by atoms with van der Waals surface area (Å²) in [5.41, 5.74) is 18.4. The van der Waals surface area contributed by atoms with Crippen LogP contribution in [0.5, 0.6) is 0 Å². The first-order chi connectivity index (χ1) is 36.5. The highest BCUT2D eigenvalue weighted by Crippen LogP contribution is 2.52. The molecule has 69 heavy (non-hydrogen) atoms. The molecule has 0 bridgehead atoms. The predicted molar refractivity (Wildman–Crippen MR) is 289 cm³/mol. The van der Waals surface area contributed by atoms with E-state index in [0.717, 1.165) is 89.1 Å². The summed E-state index contributed by atoms with van der Waals surface area (Å²) < 4.78 is 56.0. The molecule has 0 unspecified atom stereocenters. The van der Waals surface area contributed by atoms with Crippen molar-refractivity contribution in [2.75, 3.05) is 0 Å². The van der Waals surface area contributed by atoms with Crippen LogP contribution in [-0.2, 0) is 0 Å². The van der Waals surface area contributed by atoms with Crippen molar-refractivity contribution in [2.45, 2.75) is 13.7 Å². The molecule has 14 rings (SSSR count). The van der Waals surface area contributed by atoms with E-state index in [4.69, 9.17) is 23.2 Å². The highest BCUT2D eigenvalue weighted by molar-refractivity contribution is 7.26. The van der Waals surface area contributed by atoms with Gasteiger partial charge < -0.3 is 0 Å².